The molecule has 0 aliphatic heterocycles. The molecule has 1 aromatic rings. The highest BCUT2D eigenvalue weighted by Gasteiger charge is 2.15. The van der Waals surface area contributed by atoms with Crippen molar-refractivity contribution in [2.75, 3.05) is 23.5 Å². The molecule has 0 saturated heterocycles. The fraction of sp³-hybridized carbons (Fsp3) is 0.538. The van der Waals surface area contributed by atoms with Crippen LogP contribution in [0.3, 0.4) is 0 Å². The lowest BCUT2D eigenvalue weighted by molar-refractivity contribution is 0.597. The van der Waals surface area contributed by atoms with Gasteiger partial charge in [-0.3, -0.25) is 0 Å². The first-order valence-electron chi connectivity index (χ1n) is 6.23. The fourth-order valence-corrected chi connectivity index (χ4v) is 2.92. The summed E-state index contributed by atoms with van der Waals surface area (Å²) < 4.78 is 23.8. The zero-order valence-electron chi connectivity index (χ0n) is 10.7. The molecule has 0 atom stereocenters. The Balaban J connectivity index is 2.66. The van der Waals surface area contributed by atoms with E-state index in [1.165, 1.54) is 0 Å². The summed E-state index contributed by atoms with van der Waals surface area (Å²) in [5.74, 6) is 0.804. The number of benzene rings is 1. The van der Waals surface area contributed by atoms with Gasteiger partial charge >= 0.3 is 0 Å². The van der Waals surface area contributed by atoms with Crippen LogP contribution in [0.2, 0.25) is 0 Å². The molecule has 0 aliphatic rings. The highest BCUT2D eigenvalue weighted by atomic mass is 35.5. The maximum absolute atomic E-state index is 11.9. The van der Waals surface area contributed by atoms with Crippen LogP contribution in [-0.2, 0) is 9.84 Å². The quantitative estimate of drug-likeness (QED) is 0.590. The number of hydrogen-bond donors (Lipinski definition) is 1. The Kier molecular flexibility index (Phi) is 6.50. The minimum atomic E-state index is -3.16. The molecule has 1 rings (SSSR count). The third-order valence-corrected chi connectivity index (χ3v) is 4.78. The predicted octanol–water partition coefficient (Wildman–Crippen LogP) is 3.30. The monoisotopic (exact) mass is 289 g/mol. The van der Waals surface area contributed by atoms with E-state index in [4.69, 9.17) is 11.6 Å². The van der Waals surface area contributed by atoms with Crippen molar-refractivity contribution in [3.8, 4) is 0 Å². The molecule has 0 amide bonds. The van der Waals surface area contributed by atoms with Crippen LogP contribution in [0.4, 0.5) is 5.69 Å². The van der Waals surface area contributed by atoms with Crippen LogP contribution < -0.4 is 5.32 Å². The molecule has 1 aromatic carbocycles. The first-order valence-corrected chi connectivity index (χ1v) is 8.42. The van der Waals surface area contributed by atoms with Gasteiger partial charge in [-0.05, 0) is 25.0 Å². The van der Waals surface area contributed by atoms with E-state index in [0.717, 1.165) is 25.8 Å². The Hall–Kier alpha value is -0.740. The van der Waals surface area contributed by atoms with Crippen molar-refractivity contribution in [1.82, 2.24) is 0 Å². The summed E-state index contributed by atoms with van der Waals surface area (Å²) in [6, 6.07) is 7.06. The van der Waals surface area contributed by atoms with E-state index in [1.54, 1.807) is 19.1 Å². The summed E-state index contributed by atoms with van der Waals surface area (Å²) in [5, 5.41) is 3.19. The summed E-state index contributed by atoms with van der Waals surface area (Å²) in [6.45, 7) is 2.43. The van der Waals surface area contributed by atoms with Crippen LogP contribution >= 0.6 is 11.6 Å². The van der Waals surface area contributed by atoms with Crippen LogP contribution in [0.1, 0.15) is 26.2 Å². The average Bonchev–Trinajstić information content (AvgIpc) is 2.39. The number of halogens is 1. The summed E-state index contributed by atoms with van der Waals surface area (Å²) in [5.41, 5.74) is 0.699. The Bertz CT molecular complexity index is 460. The number of unbranched alkanes of at least 4 members (excludes halogenated alkanes) is 2. The lowest BCUT2D eigenvalue weighted by atomic mass is 10.2. The first-order chi connectivity index (χ1) is 8.61. The van der Waals surface area contributed by atoms with Crippen LogP contribution in [-0.4, -0.2) is 26.6 Å². The zero-order valence-corrected chi connectivity index (χ0v) is 12.2. The molecule has 0 aromatic heterocycles. The van der Waals surface area contributed by atoms with E-state index in [-0.39, 0.29) is 5.75 Å². The zero-order chi connectivity index (χ0) is 13.4. The molecule has 1 N–H and O–H groups in total. The van der Waals surface area contributed by atoms with E-state index in [1.807, 2.05) is 12.1 Å². The van der Waals surface area contributed by atoms with Crippen LogP contribution in [0.15, 0.2) is 29.2 Å². The highest BCUT2D eigenvalue weighted by Crippen LogP contribution is 2.21. The molecule has 0 fully saturated rings. The molecule has 3 nitrogen and oxygen atoms in total. The second-order valence-corrected chi connectivity index (χ2v) is 6.70. The van der Waals surface area contributed by atoms with E-state index in [2.05, 4.69) is 5.32 Å². The number of rotatable bonds is 8. The van der Waals surface area contributed by atoms with Gasteiger partial charge in [0.05, 0.1) is 16.3 Å². The molecule has 0 bridgehead atoms. The Morgan fingerprint density at radius 1 is 1.17 bits per heavy atom. The van der Waals surface area contributed by atoms with Crippen molar-refractivity contribution in [2.45, 2.75) is 31.1 Å². The Morgan fingerprint density at radius 3 is 2.56 bits per heavy atom. The lowest BCUT2D eigenvalue weighted by Crippen LogP contribution is -2.10. The number of hydrogen-bond acceptors (Lipinski definition) is 3. The van der Waals surface area contributed by atoms with Gasteiger partial charge in [0.15, 0.2) is 9.84 Å². The van der Waals surface area contributed by atoms with E-state index in [9.17, 15) is 8.42 Å². The van der Waals surface area contributed by atoms with E-state index in [0.29, 0.717) is 16.5 Å². The molecule has 18 heavy (non-hydrogen) atoms. The van der Waals surface area contributed by atoms with Gasteiger partial charge in [-0.1, -0.05) is 25.5 Å². The maximum atomic E-state index is 11.9. The lowest BCUT2D eigenvalue weighted by Gasteiger charge is -2.11. The Labute approximate surface area is 114 Å². The second kappa shape index (κ2) is 7.64. The molecule has 0 radical (unpaired) electrons. The third kappa shape index (κ3) is 4.50. The summed E-state index contributed by atoms with van der Waals surface area (Å²) in [4.78, 5) is 0.393. The summed E-state index contributed by atoms with van der Waals surface area (Å²) >= 11 is 5.60. The third-order valence-electron chi connectivity index (χ3n) is 2.73. The van der Waals surface area contributed by atoms with E-state index >= 15 is 0 Å². The largest absolute Gasteiger partial charge is 0.384 e. The molecule has 0 spiro atoms. The molecular formula is C13H20ClNO2S. The second-order valence-electron chi connectivity index (χ2n) is 4.08. The van der Waals surface area contributed by atoms with Crippen molar-refractivity contribution >= 4 is 27.1 Å². The van der Waals surface area contributed by atoms with Crippen molar-refractivity contribution in [3.05, 3.63) is 24.3 Å². The molecular weight excluding hydrogens is 270 g/mol. The SMILES string of the molecule is CCS(=O)(=O)c1ccccc1NCCCCCCl. The Morgan fingerprint density at radius 2 is 1.89 bits per heavy atom. The van der Waals surface area contributed by atoms with Crippen LogP contribution in [0, 0.1) is 0 Å². The van der Waals surface area contributed by atoms with E-state index < -0.39 is 9.84 Å². The molecule has 0 heterocycles. The van der Waals surface area contributed by atoms with Gasteiger partial charge in [0.1, 0.15) is 0 Å². The van der Waals surface area contributed by atoms with Gasteiger partial charge in [0, 0.05) is 12.4 Å². The summed E-state index contributed by atoms with van der Waals surface area (Å²) in [7, 11) is -3.16. The van der Waals surface area contributed by atoms with Crippen molar-refractivity contribution < 1.29 is 8.42 Å². The van der Waals surface area contributed by atoms with Crippen molar-refractivity contribution in [3.63, 3.8) is 0 Å². The predicted molar refractivity (Wildman–Crippen MR) is 77.2 cm³/mol. The molecule has 102 valence electrons. The molecule has 0 aliphatic carbocycles. The maximum Gasteiger partial charge on any atom is 0.180 e. The standard InChI is InChI=1S/C13H20ClNO2S/c1-2-18(16,17)13-9-5-4-8-12(13)15-11-7-3-6-10-14/h4-5,8-9,15H,2-3,6-7,10-11H2,1H3. The number of nitrogens with one attached hydrogen (secondary N) is 1. The number of para-hydroxylation sites is 1. The molecule has 0 unspecified atom stereocenters. The molecule has 5 heteroatoms. The number of sulfone groups is 1. The van der Waals surface area contributed by atoms with Gasteiger partial charge in [-0.2, -0.15) is 0 Å². The normalized spacial score (nSPS) is 11.4. The van der Waals surface area contributed by atoms with Gasteiger partial charge in [0.25, 0.3) is 0 Å². The van der Waals surface area contributed by atoms with Gasteiger partial charge < -0.3 is 5.32 Å². The van der Waals surface area contributed by atoms with Crippen molar-refractivity contribution in [1.29, 1.82) is 0 Å². The highest BCUT2D eigenvalue weighted by molar-refractivity contribution is 7.91. The fourth-order valence-electron chi connectivity index (χ4n) is 1.66. The minimum absolute atomic E-state index is 0.123. The van der Waals surface area contributed by atoms with Crippen LogP contribution in [0.5, 0.6) is 0 Å². The van der Waals surface area contributed by atoms with Gasteiger partial charge in [-0.25, -0.2) is 8.42 Å². The van der Waals surface area contributed by atoms with Gasteiger partial charge in [0.2, 0.25) is 0 Å². The average molecular weight is 290 g/mol. The number of anilines is 1. The topological polar surface area (TPSA) is 46.2 Å². The first kappa shape index (κ1) is 15.3. The van der Waals surface area contributed by atoms with Crippen LogP contribution in [0.25, 0.3) is 0 Å². The molecule has 0 saturated carbocycles. The minimum Gasteiger partial charge on any atom is -0.384 e. The van der Waals surface area contributed by atoms with Gasteiger partial charge in [-0.15, -0.1) is 11.6 Å². The smallest absolute Gasteiger partial charge is 0.180 e. The summed E-state index contributed by atoms with van der Waals surface area (Å²) in [6.07, 6.45) is 3.05. The van der Waals surface area contributed by atoms with Crippen molar-refractivity contribution in [2.24, 2.45) is 0 Å². The number of alkyl halides is 1.